The normalized spacial score (nSPS) is 12.3. The van der Waals surface area contributed by atoms with Crippen LogP contribution >= 0.6 is 22.7 Å². The van der Waals surface area contributed by atoms with Crippen LogP contribution in [0.3, 0.4) is 0 Å². The van der Waals surface area contributed by atoms with Gasteiger partial charge in [-0.1, -0.05) is 97.1 Å². The van der Waals surface area contributed by atoms with E-state index in [9.17, 15) is 0 Å². The molecule has 0 bridgehead atoms. The first-order valence-corrected chi connectivity index (χ1v) is 19.5. The van der Waals surface area contributed by atoms with Gasteiger partial charge in [0.15, 0.2) is 11.5 Å². The van der Waals surface area contributed by atoms with E-state index >= 15 is 0 Å². The van der Waals surface area contributed by atoms with E-state index in [1.807, 2.05) is 34.8 Å². The van der Waals surface area contributed by atoms with Crippen molar-refractivity contribution in [2.45, 2.75) is 0 Å². The lowest BCUT2D eigenvalue weighted by Gasteiger charge is -2.26. The average molecular weight is 713 g/mol. The smallest absolute Gasteiger partial charge is 0.152 e. The number of hydrogen-bond donors (Lipinski definition) is 0. The van der Waals surface area contributed by atoms with Crippen LogP contribution < -0.4 is 9.64 Å². The molecule has 0 radical (unpaired) electrons. The number of fused-ring (bicyclic) bond motifs is 11. The van der Waals surface area contributed by atoms with Gasteiger partial charge < -0.3 is 14.2 Å². The Balaban J connectivity index is 1.01. The molecule has 0 amide bonds. The molecule has 3 nitrogen and oxygen atoms in total. The molecule has 0 atom stereocenters. The van der Waals surface area contributed by atoms with Crippen LogP contribution in [0.25, 0.3) is 79.0 Å². The van der Waals surface area contributed by atoms with Crippen LogP contribution in [0, 0.1) is 0 Å². The van der Waals surface area contributed by atoms with Crippen molar-refractivity contribution in [3.8, 4) is 28.3 Å². The van der Waals surface area contributed by atoms with Crippen molar-refractivity contribution < 1.29 is 4.74 Å². The van der Waals surface area contributed by atoms with E-state index in [2.05, 4.69) is 167 Å². The van der Waals surface area contributed by atoms with Crippen LogP contribution in [-0.2, 0) is 0 Å². The molecule has 0 N–H and O–H groups in total. The summed E-state index contributed by atoms with van der Waals surface area (Å²) >= 11 is 3.72. The second-order valence-electron chi connectivity index (χ2n) is 13.7. The standard InChI is InChI=1S/C48H28N2OS2/c1-5-14-44-35(8-1)37-24-21-32(27-46(37)52-44)49(33-22-25-38-36-9-2-6-15-45(36)53-47(38)28-33)31-19-16-29(17-20-31)30-18-23-34-39-10-7-13-43-48(39)50(41(34)26-30)40-11-3-4-12-42(40)51-43/h1-28H. The largest absolute Gasteiger partial charge is 0.453 e. The van der Waals surface area contributed by atoms with Crippen LogP contribution in [0.4, 0.5) is 17.1 Å². The van der Waals surface area contributed by atoms with Gasteiger partial charge in [0.25, 0.3) is 0 Å². The summed E-state index contributed by atoms with van der Waals surface area (Å²) < 4.78 is 13.9. The van der Waals surface area contributed by atoms with Gasteiger partial charge in [0.2, 0.25) is 0 Å². The fraction of sp³-hybridized carbons (Fsp3) is 0. The number of thiophene rings is 2. The minimum atomic E-state index is 0.877. The van der Waals surface area contributed by atoms with Crippen LogP contribution in [0.5, 0.6) is 11.5 Å². The maximum absolute atomic E-state index is 6.36. The van der Waals surface area contributed by atoms with E-state index in [0.717, 1.165) is 39.8 Å². The van der Waals surface area contributed by atoms with E-state index in [1.54, 1.807) is 0 Å². The Bertz CT molecular complexity index is 3160. The van der Waals surface area contributed by atoms with Gasteiger partial charge in [0, 0.05) is 68.2 Å². The van der Waals surface area contributed by atoms with Gasteiger partial charge in [0.05, 0.1) is 16.7 Å². The monoisotopic (exact) mass is 712 g/mol. The number of ether oxygens (including phenoxy) is 1. The first-order chi connectivity index (χ1) is 26.2. The molecule has 0 saturated heterocycles. The third-order valence-electron chi connectivity index (χ3n) is 10.8. The SMILES string of the molecule is c1ccc2c(c1)Oc1cccc3c4ccc(-c5ccc(N(c6ccc7c(c6)sc6ccccc67)c6ccc7c(c6)sc6ccccc67)cc5)cc4n-2c13. The number of aromatic nitrogens is 1. The number of benzene rings is 8. The molecule has 4 heterocycles. The fourth-order valence-corrected chi connectivity index (χ4v) is 10.6. The summed E-state index contributed by atoms with van der Waals surface area (Å²) in [6.07, 6.45) is 0. The Morgan fingerprint density at radius 1 is 0.396 bits per heavy atom. The van der Waals surface area contributed by atoms with Gasteiger partial charge in [0.1, 0.15) is 0 Å². The molecule has 0 aliphatic carbocycles. The zero-order chi connectivity index (χ0) is 34.6. The Labute approximate surface area is 312 Å². The highest BCUT2D eigenvalue weighted by Crippen LogP contribution is 2.47. The van der Waals surface area contributed by atoms with E-state index in [0.29, 0.717) is 0 Å². The number of hydrogen-bond acceptors (Lipinski definition) is 4. The van der Waals surface area contributed by atoms with Gasteiger partial charge in [-0.25, -0.2) is 0 Å². The molecule has 0 spiro atoms. The highest BCUT2D eigenvalue weighted by atomic mass is 32.1. The summed E-state index contributed by atoms with van der Waals surface area (Å²) in [5.41, 5.74) is 9.14. The fourth-order valence-electron chi connectivity index (χ4n) is 8.35. The van der Waals surface area contributed by atoms with Gasteiger partial charge in [-0.05, 0) is 83.9 Å². The molecule has 12 rings (SSSR count). The van der Waals surface area contributed by atoms with Crippen LogP contribution in [0.15, 0.2) is 170 Å². The van der Waals surface area contributed by atoms with Crippen molar-refractivity contribution in [2.75, 3.05) is 4.90 Å². The van der Waals surface area contributed by atoms with Crippen molar-refractivity contribution >= 4 is 102 Å². The molecule has 248 valence electrons. The third-order valence-corrected chi connectivity index (χ3v) is 13.0. The van der Waals surface area contributed by atoms with Gasteiger partial charge in [-0.2, -0.15) is 0 Å². The maximum Gasteiger partial charge on any atom is 0.152 e. The molecular weight excluding hydrogens is 685 g/mol. The number of para-hydroxylation sites is 3. The van der Waals surface area contributed by atoms with Gasteiger partial charge in [-0.3, -0.25) is 0 Å². The highest BCUT2D eigenvalue weighted by molar-refractivity contribution is 7.26. The van der Waals surface area contributed by atoms with Crippen molar-refractivity contribution in [2.24, 2.45) is 0 Å². The quantitative estimate of drug-likeness (QED) is 0.181. The van der Waals surface area contributed by atoms with Crippen molar-refractivity contribution in [3.05, 3.63) is 170 Å². The lowest BCUT2D eigenvalue weighted by atomic mass is 10.0. The van der Waals surface area contributed by atoms with E-state index in [4.69, 9.17) is 4.74 Å². The molecule has 0 fully saturated rings. The second kappa shape index (κ2) is 11.1. The Morgan fingerprint density at radius 3 is 1.66 bits per heavy atom. The summed E-state index contributed by atoms with van der Waals surface area (Å²) in [7, 11) is 0. The zero-order valence-corrected chi connectivity index (χ0v) is 29.9. The molecule has 5 heteroatoms. The molecule has 11 aromatic rings. The summed E-state index contributed by atoms with van der Waals surface area (Å²) in [4.78, 5) is 2.41. The minimum Gasteiger partial charge on any atom is -0.453 e. The zero-order valence-electron chi connectivity index (χ0n) is 28.3. The Kier molecular flexibility index (Phi) is 6.09. The Hall–Kier alpha value is -6.40. The molecular formula is C48H28N2OS2. The van der Waals surface area contributed by atoms with E-state index < -0.39 is 0 Å². The number of nitrogens with zero attached hydrogens (tertiary/aromatic N) is 2. The van der Waals surface area contributed by atoms with E-state index in [1.165, 1.54) is 67.8 Å². The molecule has 0 saturated carbocycles. The molecule has 1 aliphatic rings. The van der Waals surface area contributed by atoms with Gasteiger partial charge >= 0.3 is 0 Å². The van der Waals surface area contributed by atoms with E-state index in [-0.39, 0.29) is 0 Å². The molecule has 1 aliphatic heterocycles. The summed E-state index contributed by atoms with van der Waals surface area (Å²) in [6.45, 7) is 0. The number of anilines is 3. The summed E-state index contributed by atoms with van der Waals surface area (Å²) in [5.74, 6) is 1.77. The van der Waals surface area contributed by atoms with Crippen molar-refractivity contribution in [1.82, 2.24) is 4.57 Å². The van der Waals surface area contributed by atoms with Gasteiger partial charge in [-0.15, -0.1) is 22.7 Å². The van der Waals surface area contributed by atoms with Crippen LogP contribution in [0.1, 0.15) is 0 Å². The first-order valence-electron chi connectivity index (χ1n) is 17.8. The van der Waals surface area contributed by atoms with Crippen molar-refractivity contribution in [1.29, 1.82) is 0 Å². The minimum absolute atomic E-state index is 0.877. The lowest BCUT2D eigenvalue weighted by molar-refractivity contribution is 0.476. The molecule has 0 unspecified atom stereocenters. The molecule has 8 aromatic carbocycles. The molecule has 53 heavy (non-hydrogen) atoms. The number of rotatable bonds is 4. The predicted molar refractivity (Wildman–Crippen MR) is 227 cm³/mol. The topological polar surface area (TPSA) is 17.4 Å². The lowest BCUT2D eigenvalue weighted by Crippen LogP contribution is -2.09. The summed E-state index contributed by atoms with van der Waals surface area (Å²) in [6, 6.07) is 61.9. The maximum atomic E-state index is 6.36. The third kappa shape index (κ3) is 4.32. The van der Waals surface area contributed by atoms with Crippen LogP contribution in [-0.4, -0.2) is 4.57 Å². The first kappa shape index (κ1) is 29.2. The van der Waals surface area contributed by atoms with Crippen molar-refractivity contribution in [3.63, 3.8) is 0 Å². The predicted octanol–water partition coefficient (Wildman–Crippen LogP) is 14.8. The summed E-state index contributed by atoms with van der Waals surface area (Å²) in [5, 5.41) is 7.67. The average Bonchev–Trinajstić information content (AvgIpc) is 3.88. The van der Waals surface area contributed by atoms with Crippen LogP contribution in [0.2, 0.25) is 0 Å². The molecule has 3 aromatic heterocycles. The second-order valence-corrected chi connectivity index (χ2v) is 15.9. The Morgan fingerprint density at radius 2 is 0.943 bits per heavy atom. The highest BCUT2D eigenvalue weighted by Gasteiger charge is 2.24.